The molecular formula is C20H19F3N2O3. The summed E-state index contributed by atoms with van der Waals surface area (Å²) in [6.07, 6.45) is -4.00. The van der Waals surface area contributed by atoms with Gasteiger partial charge in [0, 0.05) is 30.4 Å². The third kappa shape index (κ3) is 4.62. The maximum absolute atomic E-state index is 12.6. The highest BCUT2D eigenvalue weighted by molar-refractivity contribution is 5.96. The lowest BCUT2D eigenvalue weighted by molar-refractivity contribution is -0.137. The molecule has 1 aliphatic rings. The average molecular weight is 392 g/mol. The molecule has 1 fully saturated rings. The lowest BCUT2D eigenvalue weighted by atomic mass is 10.2. The summed E-state index contributed by atoms with van der Waals surface area (Å²) in [6.45, 7) is 2.18. The molecule has 1 N–H and O–H groups in total. The number of ether oxygens (including phenoxy) is 1. The SMILES string of the molecule is C[C@@H](Oc1cccc(N2CCCC2=O)c1)C(=O)Nc1ccc(C(F)(F)F)cc1. The molecule has 1 heterocycles. The Balaban J connectivity index is 1.62. The van der Waals surface area contributed by atoms with Gasteiger partial charge in [0.2, 0.25) is 5.91 Å². The molecule has 1 atom stereocenters. The van der Waals surface area contributed by atoms with E-state index in [-0.39, 0.29) is 11.6 Å². The molecule has 1 aliphatic heterocycles. The second-order valence-corrected chi connectivity index (χ2v) is 6.47. The van der Waals surface area contributed by atoms with Crippen molar-refractivity contribution in [3.8, 4) is 5.75 Å². The number of carbonyl (C=O) groups is 2. The molecule has 2 amide bonds. The number of amides is 2. The molecule has 3 rings (SSSR count). The standard InChI is InChI=1S/C20H19F3N2O3/c1-13(19(27)24-15-9-7-14(8-10-15)20(21,22)23)28-17-5-2-4-16(12-17)25-11-3-6-18(25)26/h2,4-5,7-10,12-13H,3,6,11H2,1H3,(H,24,27)/t13-/m1/s1. The molecule has 28 heavy (non-hydrogen) atoms. The largest absolute Gasteiger partial charge is 0.481 e. The van der Waals surface area contributed by atoms with Crippen LogP contribution in [0.1, 0.15) is 25.3 Å². The summed E-state index contributed by atoms with van der Waals surface area (Å²) in [5, 5.41) is 2.52. The van der Waals surface area contributed by atoms with Crippen molar-refractivity contribution in [1.82, 2.24) is 0 Å². The van der Waals surface area contributed by atoms with E-state index in [1.807, 2.05) is 0 Å². The fourth-order valence-electron chi connectivity index (χ4n) is 2.89. The van der Waals surface area contributed by atoms with Crippen molar-refractivity contribution >= 4 is 23.2 Å². The van der Waals surface area contributed by atoms with Crippen molar-refractivity contribution in [2.75, 3.05) is 16.8 Å². The Hall–Kier alpha value is -3.03. The number of hydrogen-bond donors (Lipinski definition) is 1. The minimum Gasteiger partial charge on any atom is -0.481 e. The van der Waals surface area contributed by atoms with Gasteiger partial charge in [-0.25, -0.2) is 0 Å². The third-order valence-electron chi connectivity index (χ3n) is 4.36. The Morgan fingerprint density at radius 3 is 2.50 bits per heavy atom. The third-order valence-corrected chi connectivity index (χ3v) is 4.36. The van der Waals surface area contributed by atoms with Gasteiger partial charge in [-0.2, -0.15) is 13.2 Å². The number of hydrogen-bond acceptors (Lipinski definition) is 3. The van der Waals surface area contributed by atoms with Crippen molar-refractivity contribution in [3.05, 3.63) is 54.1 Å². The summed E-state index contributed by atoms with van der Waals surface area (Å²) in [6, 6.07) is 11.1. The molecular weight excluding hydrogens is 373 g/mol. The molecule has 0 aromatic heterocycles. The number of carbonyl (C=O) groups excluding carboxylic acids is 2. The molecule has 0 unspecified atom stereocenters. The fourth-order valence-corrected chi connectivity index (χ4v) is 2.89. The van der Waals surface area contributed by atoms with Crippen molar-refractivity contribution < 1.29 is 27.5 Å². The second-order valence-electron chi connectivity index (χ2n) is 6.47. The van der Waals surface area contributed by atoms with E-state index in [9.17, 15) is 22.8 Å². The Labute approximate surface area is 160 Å². The van der Waals surface area contributed by atoms with Crippen LogP contribution >= 0.6 is 0 Å². The first-order valence-electron chi connectivity index (χ1n) is 8.79. The van der Waals surface area contributed by atoms with Crippen LogP contribution in [0, 0.1) is 0 Å². The van der Waals surface area contributed by atoms with Crippen LogP contribution in [0.5, 0.6) is 5.75 Å². The Morgan fingerprint density at radius 2 is 1.89 bits per heavy atom. The molecule has 2 aromatic rings. The monoisotopic (exact) mass is 392 g/mol. The molecule has 2 aromatic carbocycles. The van der Waals surface area contributed by atoms with Crippen LogP contribution in [0.4, 0.5) is 24.5 Å². The van der Waals surface area contributed by atoms with Crippen molar-refractivity contribution in [2.24, 2.45) is 0 Å². The summed E-state index contributed by atoms with van der Waals surface area (Å²) in [4.78, 5) is 25.8. The van der Waals surface area contributed by atoms with E-state index in [0.29, 0.717) is 24.4 Å². The van der Waals surface area contributed by atoms with Crippen molar-refractivity contribution in [1.29, 1.82) is 0 Å². The van der Waals surface area contributed by atoms with Gasteiger partial charge in [0.05, 0.1) is 5.56 Å². The van der Waals surface area contributed by atoms with Crippen LogP contribution in [0.15, 0.2) is 48.5 Å². The fraction of sp³-hybridized carbons (Fsp3) is 0.300. The van der Waals surface area contributed by atoms with Crippen LogP contribution in [0.2, 0.25) is 0 Å². The maximum atomic E-state index is 12.6. The first-order chi connectivity index (χ1) is 13.2. The van der Waals surface area contributed by atoms with Crippen LogP contribution in [-0.2, 0) is 15.8 Å². The Bertz CT molecular complexity index is 866. The van der Waals surface area contributed by atoms with Crippen LogP contribution in [0.3, 0.4) is 0 Å². The van der Waals surface area contributed by atoms with E-state index in [4.69, 9.17) is 4.74 Å². The molecule has 5 nitrogen and oxygen atoms in total. The van der Waals surface area contributed by atoms with Gasteiger partial charge < -0.3 is 15.0 Å². The molecule has 1 saturated heterocycles. The number of anilines is 2. The zero-order valence-electron chi connectivity index (χ0n) is 15.1. The molecule has 0 bridgehead atoms. The molecule has 0 aliphatic carbocycles. The highest BCUT2D eigenvalue weighted by Gasteiger charge is 2.30. The number of benzene rings is 2. The predicted octanol–water partition coefficient (Wildman–Crippen LogP) is 4.24. The van der Waals surface area contributed by atoms with E-state index in [0.717, 1.165) is 18.6 Å². The van der Waals surface area contributed by atoms with Gasteiger partial charge in [-0.05, 0) is 49.7 Å². The second kappa shape index (κ2) is 7.92. The van der Waals surface area contributed by atoms with Crippen molar-refractivity contribution in [3.63, 3.8) is 0 Å². The highest BCUT2D eigenvalue weighted by atomic mass is 19.4. The number of alkyl halides is 3. The van der Waals surface area contributed by atoms with Gasteiger partial charge in [-0.15, -0.1) is 0 Å². The van der Waals surface area contributed by atoms with Crippen molar-refractivity contribution in [2.45, 2.75) is 32.0 Å². The lowest BCUT2D eigenvalue weighted by Crippen LogP contribution is -2.30. The van der Waals surface area contributed by atoms with E-state index in [1.54, 1.807) is 29.2 Å². The topological polar surface area (TPSA) is 58.6 Å². The minimum atomic E-state index is -4.43. The zero-order chi connectivity index (χ0) is 20.3. The summed E-state index contributed by atoms with van der Waals surface area (Å²) in [5.74, 6) is -0.0278. The van der Waals surface area contributed by atoms with E-state index in [1.165, 1.54) is 19.1 Å². The average Bonchev–Trinajstić information content (AvgIpc) is 3.07. The van der Waals surface area contributed by atoms with E-state index in [2.05, 4.69) is 5.32 Å². The molecule has 0 radical (unpaired) electrons. The van der Waals surface area contributed by atoms with Gasteiger partial charge in [-0.3, -0.25) is 9.59 Å². The van der Waals surface area contributed by atoms with E-state index < -0.39 is 23.8 Å². The molecule has 8 heteroatoms. The number of halogens is 3. The quantitative estimate of drug-likeness (QED) is 0.828. The van der Waals surface area contributed by atoms with Gasteiger partial charge >= 0.3 is 6.18 Å². The summed E-state index contributed by atoms with van der Waals surface area (Å²) in [5.41, 5.74) is 0.156. The predicted molar refractivity (Wildman–Crippen MR) is 98.2 cm³/mol. The summed E-state index contributed by atoms with van der Waals surface area (Å²) in [7, 11) is 0. The molecule has 0 saturated carbocycles. The number of nitrogens with one attached hydrogen (secondary N) is 1. The summed E-state index contributed by atoms with van der Waals surface area (Å²) < 4.78 is 43.4. The van der Waals surface area contributed by atoms with Crippen LogP contribution in [0.25, 0.3) is 0 Å². The normalized spacial score (nSPS) is 15.4. The summed E-state index contributed by atoms with van der Waals surface area (Å²) >= 11 is 0. The Morgan fingerprint density at radius 1 is 1.18 bits per heavy atom. The molecule has 0 spiro atoms. The zero-order valence-corrected chi connectivity index (χ0v) is 15.1. The number of nitrogens with zero attached hydrogens (tertiary/aromatic N) is 1. The first-order valence-corrected chi connectivity index (χ1v) is 8.79. The van der Waals surface area contributed by atoms with E-state index >= 15 is 0 Å². The van der Waals surface area contributed by atoms with Gasteiger partial charge in [0.25, 0.3) is 5.91 Å². The number of rotatable bonds is 5. The first kappa shape index (κ1) is 19.7. The van der Waals surface area contributed by atoms with Crippen LogP contribution < -0.4 is 15.0 Å². The minimum absolute atomic E-state index is 0.0465. The van der Waals surface area contributed by atoms with Gasteiger partial charge in [0.15, 0.2) is 6.10 Å². The maximum Gasteiger partial charge on any atom is 0.416 e. The van der Waals surface area contributed by atoms with Crippen LogP contribution in [-0.4, -0.2) is 24.5 Å². The smallest absolute Gasteiger partial charge is 0.416 e. The Kier molecular flexibility index (Phi) is 5.58. The van der Waals surface area contributed by atoms with Gasteiger partial charge in [0.1, 0.15) is 5.75 Å². The highest BCUT2D eigenvalue weighted by Crippen LogP contribution is 2.30. The lowest BCUT2D eigenvalue weighted by Gasteiger charge is -2.19. The van der Waals surface area contributed by atoms with Gasteiger partial charge in [-0.1, -0.05) is 6.07 Å². The molecule has 148 valence electrons.